The lowest BCUT2D eigenvalue weighted by atomic mass is 10.0. The van der Waals surface area contributed by atoms with Crippen LogP contribution in [0.3, 0.4) is 0 Å². The zero-order valence-electron chi connectivity index (χ0n) is 13.9. The van der Waals surface area contributed by atoms with Gasteiger partial charge in [-0.2, -0.15) is 5.26 Å². The highest BCUT2D eigenvalue weighted by atomic mass is 32.2. The van der Waals surface area contributed by atoms with Crippen molar-refractivity contribution in [3.63, 3.8) is 0 Å². The van der Waals surface area contributed by atoms with Crippen molar-refractivity contribution in [3.05, 3.63) is 53.6 Å². The van der Waals surface area contributed by atoms with Gasteiger partial charge in [0, 0.05) is 5.92 Å². The molecule has 132 valence electrons. The molecule has 0 amide bonds. The van der Waals surface area contributed by atoms with E-state index in [1.807, 2.05) is 13.0 Å². The lowest BCUT2D eigenvalue weighted by Gasteiger charge is -2.05. The lowest BCUT2D eigenvalue weighted by molar-refractivity contribution is -0.110. The minimum absolute atomic E-state index is 0.0889. The van der Waals surface area contributed by atoms with Gasteiger partial charge in [-0.3, -0.25) is 0 Å². The molecule has 2 aromatic carbocycles. The van der Waals surface area contributed by atoms with Gasteiger partial charge in [0.05, 0.1) is 11.0 Å². The van der Waals surface area contributed by atoms with Crippen LogP contribution in [0.5, 0.6) is 11.5 Å². The molecule has 2 aromatic rings. The molecule has 6 nitrogen and oxygen atoms in total. The van der Waals surface area contributed by atoms with Crippen molar-refractivity contribution in [2.75, 3.05) is 6.79 Å². The quantitative estimate of drug-likeness (QED) is 0.768. The van der Waals surface area contributed by atoms with Crippen molar-refractivity contribution in [2.24, 2.45) is 5.41 Å². The Morgan fingerprint density at radius 2 is 1.85 bits per heavy atom. The third-order valence-corrected chi connectivity index (χ3v) is 7.27. The van der Waals surface area contributed by atoms with E-state index in [2.05, 4.69) is 0 Å². The summed E-state index contributed by atoms with van der Waals surface area (Å²) < 4.78 is 36.8. The molecular formula is C19H15NO5S. The Bertz CT molecular complexity index is 1040. The fraction of sp³-hybridized carbons (Fsp3) is 0.263. The van der Waals surface area contributed by atoms with Gasteiger partial charge < -0.3 is 14.3 Å². The summed E-state index contributed by atoms with van der Waals surface area (Å²) in [7, 11) is -3.85. The van der Waals surface area contributed by atoms with Crippen LogP contribution >= 0.6 is 0 Å². The van der Waals surface area contributed by atoms with E-state index in [1.54, 1.807) is 30.3 Å². The normalized spacial score (nSPS) is 26.2. The second-order valence-corrected chi connectivity index (χ2v) is 8.60. The molecule has 0 spiro atoms. The first kappa shape index (κ1) is 16.6. The van der Waals surface area contributed by atoms with Crippen molar-refractivity contribution in [3.8, 4) is 17.6 Å². The van der Waals surface area contributed by atoms with Crippen LogP contribution in [-0.2, 0) is 14.6 Å². The SMILES string of the molecule is Cc1ccc(S(=O)(=O)C2C(c3ccc4c(c3)OCO4)C2(C#N)C=O)cc1. The fourth-order valence-electron chi connectivity index (χ4n) is 3.54. The fourth-order valence-corrected chi connectivity index (χ4v) is 5.78. The predicted molar refractivity (Wildman–Crippen MR) is 91.6 cm³/mol. The number of nitrogens with zero attached hydrogens (tertiary/aromatic N) is 1. The topological polar surface area (TPSA) is 93.5 Å². The molecule has 3 atom stereocenters. The summed E-state index contributed by atoms with van der Waals surface area (Å²) >= 11 is 0. The van der Waals surface area contributed by atoms with Crippen LogP contribution < -0.4 is 9.47 Å². The summed E-state index contributed by atoms with van der Waals surface area (Å²) in [5, 5.41) is 8.48. The van der Waals surface area contributed by atoms with Crippen molar-refractivity contribution in [2.45, 2.75) is 23.0 Å². The Morgan fingerprint density at radius 3 is 2.50 bits per heavy atom. The third-order valence-electron chi connectivity index (χ3n) is 5.01. The van der Waals surface area contributed by atoms with Gasteiger partial charge in [0.2, 0.25) is 6.79 Å². The molecule has 1 aliphatic heterocycles. The van der Waals surface area contributed by atoms with E-state index in [4.69, 9.17) is 9.47 Å². The van der Waals surface area contributed by atoms with E-state index in [9.17, 15) is 18.5 Å². The Kier molecular flexibility index (Phi) is 3.56. The summed E-state index contributed by atoms with van der Waals surface area (Å²) in [6, 6.07) is 13.3. The number of fused-ring (bicyclic) bond motifs is 1. The number of hydrogen-bond acceptors (Lipinski definition) is 6. The lowest BCUT2D eigenvalue weighted by Crippen LogP contribution is -2.16. The first-order valence-electron chi connectivity index (χ1n) is 8.02. The van der Waals surface area contributed by atoms with E-state index in [-0.39, 0.29) is 11.7 Å². The second kappa shape index (κ2) is 5.58. The second-order valence-electron chi connectivity index (χ2n) is 6.53. The molecule has 0 bridgehead atoms. The van der Waals surface area contributed by atoms with Gasteiger partial charge in [0.25, 0.3) is 0 Å². The van der Waals surface area contributed by atoms with Crippen molar-refractivity contribution in [1.82, 2.24) is 0 Å². The van der Waals surface area contributed by atoms with Crippen LogP contribution in [0.2, 0.25) is 0 Å². The van der Waals surface area contributed by atoms with Crippen LogP contribution in [0.1, 0.15) is 17.0 Å². The Balaban J connectivity index is 1.79. The molecule has 7 heteroatoms. The molecule has 2 aliphatic rings. The highest BCUT2D eigenvalue weighted by Crippen LogP contribution is 2.63. The van der Waals surface area contributed by atoms with Gasteiger partial charge in [-0.25, -0.2) is 8.42 Å². The number of hydrogen-bond donors (Lipinski definition) is 0. The number of aryl methyl sites for hydroxylation is 1. The number of ether oxygens (including phenoxy) is 2. The first-order chi connectivity index (χ1) is 12.4. The van der Waals surface area contributed by atoms with E-state index in [1.165, 1.54) is 12.1 Å². The van der Waals surface area contributed by atoms with Gasteiger partial charge in [-0.05, 0) is 36.8 Å². The van der Waals surface area contributed by atoms with Gasteiger partial charge in [0.1, 0.15) is 17.0 Å². The maximum absolute atomic E-state index is 13.1. The van der Waals surface area contributed by atoms with Crippen LogP contribution in [0.25, 0.3) is 0 Å². The molecule has 0 saturated heterocycles. The standard InChI is InChI=1S/C19H15NO5S/c1-12-2-5-14(6-3-12)26(22,23)18-17(19(18,9-20)10-21)13-4-7-15-16(8-13)25-11-24-15/h2-8,10,17-18H,11H2,1H3. The van der Waals surface area contributed by atoms with Crippen molar-refractivity contribution >= 4 is 16.1 Å². The molecule has 1 fully saturated rings. The minimum Gasteiger partial charge on any atom is -0.454 e. The van der Waals surface area contributed by atoms with Gasteiger partial charge in [0.15, 0.2) is 21.3 Å². The first-order valence-corrected chi connectivity index (χ1v) is 9.56. The van der Waals surface area contributed by atoms with Crippen molar-refractivity contribution < 1.29 is 22.7 Å². The van der Waals surface area contributed by atoms with Crippen LogP contribution in [0, 0.1) is 23.7 Å². The molecule has 0 N–H and O–H groups in total. The van der Waals surface area contributed by atoms with Crippen molar-refractivity contribution in [1.29, 1.82) is 5.26 Å². The number of aldehydes is 1. The number of sulfone groups is 1. The zero-order chi connectivity index (χ0) is 18.5. The number of benzene rings is 2. The average molecular weight is 369 g/mol. The largest absolute Gasteiger partial charge is 0.454 e. The maximum Gasteiger partial charge on any atom is 0.231 e. The van der Waals surface area contributed by atoms with Crippen LogP contribution in [-0.4, -0.2) is 26.7 Å². The molecular weight excluding hydrogens is 354 g/mol. The minimum atomic E-state index is -3.85. The smallest absolute Gasteiger partial charge is 0.231 e. The molecule has 0 radical (unpaired) electrons. The van der Waals surface area contributed by atoms with E-state index < -0.39 is 26.4 Å². The molecule has 26 heavy (non-hydrogen) atoms. The Hall–Kier alpha value is -2.85. The van der Waals surface area contributed by atoms with Crippen LogP contribution in [0.4, 0.5) is 0 Å². The van der Waals surface area contributed by atoms with Gasteiger partial charge >= 0.3 is 0 Å². The highest BCUT2D eigenvalue weighted by molar-refractivity contribution is 7.92. The zero-order valence-corrected chi connectivity index (χ0v) is 14.7. The number of nitriles is 1. The summed E-state index contributed by atoms with van der Waals surface area (Å²) in [5.41, 5.74) is -0.102. The Labute approximate surface area is 150 Å². The third kappa shape index (κ3) is 2.22. The number of rotatable bonds is 4. The molecule has 1 aliphatic carbocycles. The van der Waals surface area contributed by atoms with Gasteiger partial charge in [-0.1, -0.05) is 23.8 Å². The molecule has 1 heterocycles. The molecule has 3 unspecified atom stereocenters. The molecule has 0 aromatic heterocycles. The summed E-state index contributed by atoms with van der Waals surface area (Å²) in [4.78, 5) is 11.8. The molecule has 1 saturated carbocycles. The summed E-state index contributed by atoms with van der Waals surface area (Å²) in [6.45, 7) is 1.94. The van der Waals surface area contributed by atoms with E-state index in [0.29, 0.717) is 23.3 Å². The maximum atomic E-state index is 13.1. The summed E-state index contributed by atoms with van der Waals surface area (Å²) in [6.07, 6.45) is 0.457. The number of carbonyl (C=O) groups is 1. The summed E-state index contributed by atoms with van der Waals surface area (Å²) in [5.74, 6) is 0.297. The van der Waals surface area contributed by atoms with E-state index in [0.717, 1.165) is 5.56 Å². The number of carbonyl (C=O) groups excluding carboxylic acids is 1. The molecule has 4 rings (SSSR count). The predicted octanol–water partition coefficient (Wildman–Crippen LogP) is 2.37. The average Bonchev–Trinajstić information content (AvgIpc) is 3.12. The van der Waals surface area contributed by atoms with Gasteiger partial charge in [-0.15, -0.1) is 0 Å². The van der Waals surface area contributed by atoms with E-state index >= 15 is 0 Å². The van der Waals surface area contributed by atoms with Crippen LogP contribution in [0.15, 0.2) is 47.4 Å². The Morgan fingerprint density at radius 1 is 1.15 bits per heavy atom. The highest BCUT2D eigenvalue weighted by Gasteiger charge is 2.72. The monoisotopic (exact) mass is 369 g/mol.